The van der Waals surface area contributed by atoms with Crippen molar-refractivity contribution in [2.45, 2.75) is 39.2 Å². The van der Waals surface area contributed by atoms with Crippen LogP contribution >= 0.6 is 0 Å². The van der Waals surface area contributed by atoms with Crippen molar-refractivity contribution < 1.29 is 13.7 Å². The van der Waals surface area contributed by atoms with E-state index in [1.54, 1.807) is 12.3 Å². The first-order valence-electron chi connectivity index (χ1n) is 7.31. The van der Waals surface area contributed by atoms with E-state index in [0.29, 0.717) is 24.7 Å². The monoisotopic (exact) mass is 306 g/mol. The van der Waals surface area contributed by atoms with Gasteiger partial charge in [0.2, 0.25) is 17.6 Å². The number of furan rings is 1. The van der Waals surface area contributed by atoms with Crippen LogP contribution in [0.25, 0.3) is 11.4 Å². The van der Waals surface area contributed by atoms with Gasteiger partial charge in [-0.15, -0.1) is 0 Å². The standard InChI is InChI=1S/C15H22N4O3/c1-10(2)15(3,9-16)18-12(20)4-5-13-17-14(19-22-13)11-6-7-21-8-11/h6-8,10H,4-5,9,16H2,1-3H3,(H,18,20). The molecule has 2 aromatic rings. The van der Waals surface area contributed by atoms with Crippen molar-refractivity contribution in [3.05, 3.63) is 24.5 Å². The molecule has 120 valence electrons. The van der Waals surface area contributed by atoms with Crippen molar-refractivity contribution in [1.82, 2.24) is 15.5 Å². The summed E-state index contributed by atoms with van der Waals surface area (Å²) in [5, 5.41) is 6.84. The molecule has 2 rings (SSSR count). The lowest BCUT2D eigenvalue weighted by Gasteiger charge is -2.33. The first kappa shape index (κ1) is 16.2. The predicted octanol–water partition coefficient (Wildman–Crippen LogP) is 1.75. The molecule has 0 aliphatic heterocycles. The third-order valence-electron chi connectivity index (χ3n) is 3.94. The van der Waals surface area contributed by atoms with Gasteiger partial charge in [-0.3, -0.25) is 4.79 Å². The van der Waals surface area contributed by atoms with Crippen molar-refractivity contribution in [2.24, 2.45) is 11.7 Å². The lowest BCUT2D eigenvalue weighted by molar-refractivity contribution is -0.123. The fraction of sp³-hybridized carbons (Fsp3) is 0.533. The zero-order chi connectivity index (χ0) is 16.2. The number of aromatic nitrogens is 2. The molecule has 22 heavy (non-hydrogen) atoms. The summed E-state index contributed by atoms with van der Waals surface area (Å²) in [6.07, 6.45) is 3.74. The number of hydrogen-bond acceptors (Lipinski definition) is 6. The summed E-state index contributed by atoms with van der Waals surface area (Å²) >= 11 is 0. The van der Waals surface area contributed by atoms with Gasteiger partial charge < -0.3 is 20.0 Å². The van der Waals surface area contributed by atoms with Gasteiger partial charge in [0, 0.05) is 19.4 Å². The number of carbonyl (C=O) groups is 1. The molecule has 0 aliphatic rings. The maximum Gasteiger partial charge on any atom is 0.227 e. The van der Waals surface area contributed by atoms with Gasteiger partial charge in [0.1, 0.15) is 6.26 Å². The van der Waals surface area contributed by atoms with Crippen molar-refractivity contribution in [2.75, 3.05) is 6.54 Å². The zero-order valence-corrected chi connectivity index (χ0v) is 13.1. The van der Waals surface area contributed by atoms with Crippen LogP contribution in [0.1, 0.15) is 33.1 Å². The van der Waals surface area contributed by atoms with Crippen LogP contribution in [0, 0.1) is 5.92 Å². The molecule has 0 saturated carbocycles. The SMILES string of the molecule is CC(C)C(C)(CN)NC(=O)CCc1nc(-c2ccoc2)no1. The molecule has 0 aliphatic carbocycles. The van der Waals surface area contributed by atoms with Crippen molar-refractivity contribution in [3.63, 3.8) is 0 Å². The Kier molecular flexibility index (Phi) is 4.97. The number of amides is 1. The third kappa shape index (κ3) is 3.73. The average Bonchev–Trinajstić information content (AvgIpc) is 3.15. The first-order chi connectivity index (χ1) is 10.4. The summed E-state index contributed by atoms with van der Waals surface area (Å²) in [4.78, 5) is 16.3. The Hall–Kier alpha value is -2.15. The number of hydrogen-bond donors (Lipinski definition) is 2. The maximum absolute atomic E-state index is 12.1. The maximum atomic E-state index is 12.1. The molecular weight excluding hydrogens is 284 g/mol. The largest absolute Gasteiger partial charge is 0.472 e. The highest BCUT2D eigenvalue weighted by molar-refractivity contribution is 5.77. The summed E-state index contributed by atoms with van der Waals surface area (Å²) in [5.74, 6) is 1.05. The third-order valence-corrected chi connectivity index (χ3v) is 3.94. The first-order valence-corrected chi connectivity index (χ1v) is 7.31. The average molecular weight is 306 g/mol. The molecule has 0 spiro atoms. The number of rotatable bonds is 7. The second-order valence-electron chi connectivity index (χ2n) is 5.85. The normalized spacial score (nSPS) is 14.0. The molecule has 1 unspecified atom stereocenters. The van der Waals surface area contributed by atoms with Crippen LogP contribution < -0.4 is 11.1 Å². The van der Waals surface area contributed by atoms with E-state index >= 15 is 0 Å². The molecule has 0 saturated heterocycles. The Morgan fingerprint density at radius 3 is 2.86 bits per heavy atom. The summed E-state index contributed by atoms with van der Waals surface area (Å²) in [5.41, 5.74) is 6.09. The van der Waals surface area contributed by atoms with E-state index in [4.69, 9.17) is 14.7 Å². The van der Waals surface area contributed by atoms with Gasteiger partial charge in [0.25, 0.3) is 0 Å². The van der Waals surface area contributed by atoms with Crippen molar-refractivity contribution >= 4 is 5.91 Å². The Labute approximate surface area is 129 Å². The number of aryl methyl sites for hydroxylation is 1. The van der Waals surface area contributed by atoms with Gasteiger partial charge in [-0.25, -0.2) is 0 Å². The molecule has 0 fully saturated rings. The number of nitrogens with one attached hydrogen (secondary N) is 1. The zero-order valence-electron chi connectivity index (χ0n) is 13.1. The molecule has 1 atom stereocenters. The number of nitrogens with two attached hydrogens (primary N) is 1. The minimum absolute atomic E-state index is 0.0790. The van der Waals surface area contributed by atoms with E-state index in [9.17, 15) is 4.79 Å². The van der Waals surface area contributed by atoms with Crippen LogP contribution in [0.15, 0.2) is 27.5 Å². The number of carbonyl (C=O) groups excluding carboxylic acids is 1. The highest BCUT2D eigenvalue weighted by Gasteiger charge is 2.28. The minimum Gasteiger partial charge on any atom is -0.472 e. The predicted molar refractivity (Wildman–Crippen MR) is 80.8 cm³/mol. The molecule has 2 aromatic heterocycles. The van der Waals surface area contributed by atoms with Gasteiger partial charge in [-0.05, 0) is 18.9 Å². The fourth-order valence-electron chi connectivity index (χ4n) is 1.90. The summed E-state index contributed by atoms with van der Waals surface area (Å²) in [6, 6.07) is 1.75. The van der Waals surface area contributed by atoms with Crippen LogP contribution in [0.4, 0.5) is 0 Å². The molecule has 0 bridgehead atoms. The van der Waals surface area contributed by atoms with Crippen LogP contribution in [-0.2, 0) is 11.2 Å². The molecule has 7 nitrogen and oxygen atoms in total. The highest BCUT2D eigenvalue weighted by atomic mass is 16.5. The smallest absolute Gasteiger partial charge is 0.227 e. The van der Waals surface area contributed by atoms with Gasteiger partial charge >= 0.3 is 0 Å². The Morgan fingerprint density at radius 2 is 2.27 bits per heavy atom. The Balaban J connectivity index is 1.89. The second kappa shape index (κ2) is 6.74. The summed E-state index contributed by atoms with van der Waals surface area (Å²) in [6.45, 7) is 6.39. The van der Waals surface area contributed by atoms with Gasteiger partial charge in [0.05, 0.1) is 17.4 Å². The van der Waals surface area contributed by atoms with E-state index in [1.165, 1.54) is 6.26 Å². The van der Waals surface area contributed by atoms with E-state index in [1.807, 2.05) is 20.8 Å². The summed E-state index contributed by atoms with van der Waals surface area (Å²) in [7, 11) is 0. The molecular formula is C15H22N4O3. The quantitative estimate of drug-likeness (QED) is 0.807. The van der Waals surface area contributed by atoms with E-state index in [2.05, 4.69) is 15.5 Å². The highest BCUT2D eigenvalue weighted by Crippen LogP contribution is 2.17. The van der Waals surface area contributed by atoms with Gasteiger partial charge in [-0.2, -0.15) is 4.98 Å². The lowest BCUT2D eigenvalue weighted by atomic mass is 9.88. The van der Waals surface area contributed by atoms with Crippen LogP contribution in [0.3, 0.4) is 0 Å². The van der Waals surface area contributed by atoms with Crippen molar-refractivity contribution in [3.8, 4) is 11.4 Å². The van der Waals surface area contributed by atoms with Crippen molar-refractivity contribution in [1.29, 1.82) is 0 Å². The van der Waals surface area contributed by atoms with E-state index < -0.39 is 5.54 Å². The van der Waals surface area contributed by atoms with E-state index in [0.717, 1.165) is 5.56 Å². The molecule has 2 heterocycles. The van der Waals surface area contributed by atoms with Crippen LogP contribution in [0.2, 0.25) is 0 Å². The van der Waals surface area contributed by atoms with Crippen LogP contribution in [-0.4, -0.2) is 28.1 Å². The Morgan fingerprint density at radius 1 is 1.50 bits per heavy atom. The van der Waals surface area contributed by atoms with Crippen LogP contribution in [0.5, 0.6) is 0 Å². The molecule has 7 heteroatoms. The molecule has 0 aromatic carbocycles. The second-order valence-corrected chi connectivity index (χ2v) is 5.85. The van der Waals surface area contributed by atoms with Gasteiger partial charge in [-0.1, -0.05) is 19.0 Å². The number of nitrogens with zero attached hydrogens (tertiary/aromatic N) is 2. The molecule has 3 N–H and O–H groups in total. The van der Waals surface area contributed by atoms with E-state index in [-0.39, 0.29) is 18.2 Å². The fourth-order valence-corrected chi connectivity index (χ4v) is 1.90. The summed E-state index contributed by atoms with van der Waals surface area (Å²) < 4.78 is 10.1. The lowest BCUT2D eigenvalue weighted by Crippen LogP contribution is -2.55. The molecule has 1 amide bonds. The minimum atomic E-state index is -0.409. The molecule has 0 radical (unpaired) electrons. The Bertz CT molecular complexity index is 606. The topological polar surface area (TPSA) is 107 Å². The van der Waals surface area contributed by atoms with Gasteiger partial charge in [0.15, 0.2) is 0 Å².